The molecule has 26 heavy (non-hydrogen) atoms. The van der Waals surface area contributed by atoms with E-state index >= 15 is 0 Å². The Morgan fingerprint density at radius 3 is 2.23 bits per heavy atom. The lowest BCUT2D eigenvalue weighted by atomic mass is 10.2. The number of sulfonamides is 1. The number of ether oxygens (including phenoxy) is 1. The lowest BCUT2D eigenvalue weighted by Crippen LogP contribution is -2.37. The van der Waals surface area contributed by atoms with Gasteiger partial charge in [0.1, 0.15) is 12.3 Å². The van der Waals surface area contributed by atoms with E-state index in [1.165, 1.54) is 7.11 Å². The van der Waals surface area contributed by atoms with Gasteiger partial charge in [-0.2, -0.15) is 0 Å². The second-order valence-corrected chi connectivity index (χ2v) is 7.84. The molecule has 2 aromatic rings. The maximum Gasteiger partial charge on any atom is 0.245 e. The number of benzene rings is 2. The molecule has 1 amide bonds. The minimum atomic E-state index is -3.67. The molecule has 1 N–H and O–H groups in total. The third kappa shape index (κ3) is 4.89. The Labute approximate surface area is 154 Å². The molecule has 0 aliphatic heterocycles. The van der Waals surface area contributed by atoms with Crippen molar-refractivity contribution >= 4 is 33.0 Å². The van der Waals surface area contributed by atoms with Crippen molar-refractivity contribution in [3.63, 3.8) is 0 Å². The van der Waals surface area contributed by atoms with Gasteiger partial charge in [-0.15, -0.1) is 0 Å². The molecule has 0 saturated carbocycles. The maximum absolute atomic E-state index is 12.4. The lowest BCUT2D eigenvalue weighted by molar-refractivity contribution is -0.114. The first-order valence-electron chi connectivity index (χ1n) is 7.90. The van der Waals surface area contributed by atoms with Crippen LogP contribution in [0.4, 0.5) is 17.1 Å². The summed E-state index contributed by atoms with van der Waals surface area (Å²) in [5, 5.41) is 2.71. The van der Waals surface area contributed by atoms with Crippen molar-refractivity contribution in [2.75, 3.05) is 48.5 Å². The van der Waals surface area contributed by atoms with E-state index in [2.05, 4.69) is 5.32 Å². The van der Waals surface area contributed by atoms with E-state index < -0.39 is 15.9 Å². The first-order chi connectivity index (χ1) is 12.2. The summed E-state index contributed by atoms with van der Waals surface area (Å²) in [6, 6.07) is 13.9. The summed E-state index contributed by atoms with van der Waals surface area (Å²) >= 11 is 0. The summed E-state index contributed by atoms with van der Waals surface area (Å²) in [7, 11) is 1.62. The molecule has 0 aliphatic carbocycles. The number of anilines is 3. The number of carbonyl (C=O) groups is 1. The molecule has 0 atom stereocenters. The van der Waals surface area contributed by atoms with E-state index in [-0.39, 0.29) is 6.54 Å². The molecular weight excluding hydrogens is 354 g/mol. The highest BCUT2D eigenvalue weighted by molar-refractivity contribution is 7.92. The van der Waals surface area contributed by atoms with Gasteiger partial charge in [0.05, 0.1) is 19.1 Å². The average Bonchev–Trinajstić information content (AvgIpc) is 2.59. The number of amides is 1. The minimum Gasteiger partial charge on any atom is -0.495 e. The van der Waals surface area contributed by atoms with Crippen molar-refractivity contribution in [1.82, 2.24) is 0 Å². The molecule has 2 aromatic carbocycles. The molecule has 140 valence electrons. The van der Waals surface area contributed by atoms with E-state index in [4.69, 9.17) is 4.74 Å². The van der Waals surface area contributed by atoms with E-state index in [1.807, 2.05) is 31.1 Å². The van der Waals surface area contributed by atoms with E-state index in [0.717, 1.165) is 16.2 Å². The number of methoxy groups -OCH3 is 1. The summed E-state index contributed by atoms with van der Waals surface area (Å²) in [6.45, 7) is -0.353. The largest absolute Gasteiger partial charge is 0.495 e. The fraction of sp³-hybridized carbons (Fsp3) is 0.278. The Bertz CT molecular complexity index is 864. The van der Waals surface area contributed by atoms with Crippen LogP contribution >= 0.6 is 0 Å². The number of nitrogens with one attached hydrogen (secondary N) is 1. The Hall–Kier alpha value is -2.74. The molecule has 0 aromatic heterocycles. The highest BCUT2D eigenvalue weighted by Gasteiger charge is 2.23. The van der Waals surface area contributed by atoms with Gasteiger partial charge < -0.3 is 15.0 Å². The van der Waals surface area contributed by atoms with Crippen LogP contribution in [0.25, 0.3) is 0 Å². The summed E-state index contributed by atoms with van der Waals surface area (Å²) in [5.41, 5.74) is 1.90. The second kappa shape index (κ2) is 8.09. The van der Waals surface area contributed by atoms with Gasteiger partial charge in [-0.3, -0.25) is 9.10 Å². The van der Waals surface area contributed by atoms with Gasteiger partial charge in [0, 0.05) is 25.5 Å². The summed E-state index contributed by atoms with van der Waals surface area (Å²) in [5.74, 6) is -0.0694. The van der Waals surface area contributed by atoms with Gasteiger partial charge >= 0.3 is 0 Å². The van der Waals surface area contributed by atoms with Crippen LogP contribution in [0.3, 0.4) is 0 Å². The van der Waals surface area contributed by atoms with Gasteiger partial charge in [0.15, 0.2) is 0 Å². The van der Waals surface area contributed by atoms with Gasteiger partial charge in [0.25, 0.3) is 0 Å². The van der Waals surface area contributed by atoms with Crippen LogP contribution in [0.2, 0.25) is 0 Å². The number of carbonyl (C=O) groups excluding carboxylic acids is 1. The van der Waals surface area contributed by atoms with E-state index in [9.17, 15) is 13.2 Å². The van der Waals surface area contributed by atoms with Gasteiger partial charge in [-0.05, 0) is 36.4 Å². The molecule has 0 radical (unpaired) electrons. The topological polar surface area (TPSA) is 79.0 Å². The molecule has 0 fully saturated rings. The van der Waals surface area contributed by atoms with E-state index in [1.54, 1.807) is 36.4 Å². The SMILES string of the molecule is COc1ccccc1N(CC(=O)Nc1ccc(N(C)C)cc1)S(C)(=O)=O. The highest BCUT2D eigenvalue weighted by atomic mass is 32.2. The number of para-hydroxylation sites is 2. The first-order valence-corrected chi connectivity index (χ1v) is 9.75. The van der Waals surface area contributed by atoms with Crippen LogP contribution in [0.5, 0.6) is 5.75 Å². The fourth-order valence-electron chi connectivity index (χ4n) is 2.39. The third-order valence-electron chi connectivity index (χ3n) is 3.71. The van der Waals surface area contributed by atoms with Crippen LogP contribution in [0.15, 0.2) is 48.5 Å². The van der Waals surface area contributed by atoms with Crippen molar-refractivity contribution in [2.45, 2.75) is 0 Å². The average molecular weight is 377 g/mol. The Kier molecular flexibility index (Phi) is 6.10. The molecule has 0 heterocycles. The predicted octanol–water partition coefficient (Wildman–Crippen LogP) is 2.17. The van der Waals surface area contributed by atoms with Crippen molar-refractivity contribution in [2.24, 2.45) is 0 Å². The number of hydrogen-bond acceptors (Lipinski definition) is 5. The smallest absolute Gasteiger partial charge is 0.245 e. The molecule has 0 aliphatic rings. The Morgan fingerprint density at radius 1 is 1.08 bits per heavy atom. The van der Waals surface area contributed by atoms with Crippen molar-refractivity contribution in [3.05, 3.63) is 48.5 Å². The quantitative estimate of drug-likeness (QED) is 0.800. The Balaban J connectivity index is 2.19. The standard InChI is InChI=1S/C18H23N3O4S/c1-20(2)15-11-9-14(10-12-15)19-18(22)13-21(26(4,23)24)16-7-5-6-8-17(16)25-3/h5-12H,13H2,1-4H3,(H,19,22). The summed E-state index contributed by atoms with van der Waals surface area (Å²) in [6.07, 6.45) is 1.05. The molecule has 0 spiro atoms. The van der Waals surface area contributed by atoms with Gasteiger partial charge in [-0.1, -0.05) is 12.1 Å². The second-order valence-electron chi connectivity index (χ2n) is 5.93. The molecule has 0 bridgehead atoms. The van der Waals surface area contributed by atoms with Crippen molar-refractivity contribution < 1.29 is 17.9 Å². The predicted molar refractivity (Wildman–Crippen MR) is 105 cm³/mol. The molecule has 0 unspecified atom stereocenters. The third-order valence-corrected chi connectivity index (χ3v) is 4.84. The molecular formula is C18H23N3O4S. The highest BCUT2D eigenvalue weighted by Crippen LogP contribution is 2.29. The van der Waals surface area contributed by atoms with E-state index in [0.29, 0.717) is 17.1 Å². The molecule has 8 heteroatoms. The maximum atomic E-state index is 12.4. The number of rotatable bonds is 7. The van der Waals surface area contributed by atoms with Crippen LogP contribution in [0, 0.1) is 0 Å². The molecule has 7 nitrogen and oxygen atoms in total. The van der Waals surface area contributed by atoms with Crippen molar-refractivity contribution in [3.8, 4) is 5.75 Å². The molecule has 0 saturated heterocycles. The van der Waals surface area contributed by atoms with Crippen LogP contribution in [-0.4, -0.2) is 48.3 Å². The zero-order chi connectivity index (χ0) is 19.3. The van der Waals surface area contributed by atoms with Crippen LogP contribution in [0.1, 0.15) is 0 Å². The van der Waals surface area contributed by atoms with Gasteiger partial charge in [0.2, 0.25) is 15.9 Å². The number of hydrogen-bond donors (Lipinski definition) is 1. The normalized spacial score (nSPS) is 10.9. The minimum absolute atomic E-state index is 0.315. The molecule has 2 rings (SSSR count). The fourth-order valence-corrected chi connectivity index (χ4v) is 3.25. The van der Waals surface area contributed by atoms with Crippen molar-refractivity contribution in [1.29, 1.82) is 0 Å². The summed E-state index contributed by atoms with van der Waals surface area (Å²) < 4.78 is 30.6. The monoisotopic (exact) mass is 377 g/mol. The van der Waals surface area contributed by atoms with Crippen LogP contribution in [-0.2, 0) is 14.8 Å². The number of nitrogens with zero attached hydrogens (tertiary/aromatic N) is 2. The zero-order valence-electron chi connectivity index (χ0n) is 15.3. The van der Waals surface area contributed by atoms with Gasteiger partial charge in [-0.25, -0.2) is 8.42 Å². The first kappa shape index (κ1) is 19.6. The summed E-state index contributed by atoms with van der Waals surface area (Å²) in [4.78, 5) is 14.3. The zero-order valence-corrected chi connectivity index (χ0v) is 16.1. The van der Waals surface area contributed by atoms with Crippen LogP contribution < -0.4 is 19.3 Å². The lowest BCUT2D eigenvalue weighted by Gasteiger charge is -2.23. The Morgan fingerprint density at radius 2 is 1.69 bits per heavy atom.